The van der Waals surface area contributed by atoms with Crippen LogP contribution < -0.4 is 5.73 Å². The second-order valence-electron chi connectivity index (χ2n) is 6.28. The lowest BCUT2D eigenvalue weighted by Crippen LogP contribution is -2.44. The third-order valence-electron chi connectivity index (χ3n) is 5.06. The topological polar surface area (TPSA) is 55.6 Å². The Kier molecular flexibility index (Phi) is 7.81. The number of carbonyl (C=O) groups is 1. The van der Waals surface area contributed by atoms with Gasteiger partial charge >= 0.3 is 5.97 Å². The molecule has 23 heavy (non-hydrogen) atoms. The van der Waals surface area contributed by atoms with Crippen molar-refractivity contribution in [3.8, 4) is 0 Å². The number of halogens is 2. The van der Waals surface area contributed by atoms with Crippen molar-refractivity contribution in [3.05, 3.63) is 35.9 Å². The van der Waals surface area contributed by atoms with Crippen molar-refractivity contribution in [2.75, 3.05) is 13.6 Å². The zero-order chi connectivity index (χ0) is 14.8. The minimum absolute atomic E-state index is 0. The van der Waals surface area contributed by atoms with Gasteiger partial charge in [0.05, 0.1) is 5.92 Å². The van der Waals surface area contributed by atoms with Gasteiger partial charge in [0.2, 0.25) is 0 Å². The molecule has 2 N–H and O–H groups in total. The van der Waals surface area contributed by atoms with Crippen LogP contribution in [0.4, 0.5) is 0 Å². The summed E-state index contributed by atoms with van der Waals surface area (Å²) >= 11 is 0. The lowest BCUT2D eigenvalue weighted by atomic mass is 9.98. The molecule has 3 rings (SSSR count). The first kappa shape index (κ1) is 20.2. The molecule has 2 saturated heterocycles. The maximum atomic E-state index is 12.4. The summed E-state index contributed by atoms with van der Waals surface area (Å²) in [6, 6.07) is 10.8. The van der Waals surface area contributed by atoms with E-state index in [4.69, 9.17) is 10.5 Å². The quantitative estimate of drug-likeness (QED) is 0.838. The Labute approximate surface area is 150 Å². The fraction of sp³-hybridized carbons (Fsp3) is 0.588. The molecule has 2 bridgehead atoms. The number of hydrogen-bond donors (Lipinski definition) is 1. The van der Waals surface area contributed by atoms with Crippen LogP contribution in [-0.2, 0) is 9.53 Å². The molecule has 0 amide bonds. The Hall–Kier alpha value is -0.810. The molecular formula is C17H26Cl2N2O2. The lowest BCUT2D eigenvalue weighted by Gasteiger charge is -2.36. The van der Waals surface area contributed by atoms with E-state index >= 15 is 0 Å². The third kappa shape index (κ3) is 4.38. The van der Waals surface area contributed by atoms with E-state index in [1.807, 2.05) is 30.3 Å². The highest BCUT2D eigenvalue weighted by Gasteiger charge is 2.40. The fourth-order valence-electron chi connectivity index (χ4n) is 3.76. The summed E-state index contributed by atoms with van der Waals surface area (Å²) in [6.45, 7) is 0.294. The molecule has 0 spiro atoms. The molecule has 0 radical (unpaired) electrons. The van der Waals surface area contributed by atoms with Crippen molar-refractivity contribution in [2.24, 2.45) is 5.73 Å². The first-order valence-electron chi connectivity index (χ1n) is 7.86. The number of rotatable bonds is 4. The Morgan fingerprint density at radius 1 is 1.22 bits per heavy atom. The van der Waals surface area contributed by atoms with Crippen LogP contribution in [0.1, 0.15) is 37.2 Å². The van der Waals surface area contributed by atoms with Crippen molar-refractivity contribution in [2.45, 2.75) is 49.8 Å². The Bertz CT molecular complexity index is 487. The second-order valence-corrected chi connectivity index (χ2v) is 6.28. The number of ether oxygens (including phenoxy) is 1. The standard InChI is InChI=1S/C17H24N2O2.2ClH/c1-19-13-7-8-14(19)10-15(9-13)21-17(20)16(11-18)12-5-3-2-4-6-12;;/h2-6,13-16H,7-11,18H2,1H3;2*1H/t13-,14+,15-,16?;;. The maximum Gasteiger partial charge on any atom is 0.314 e. The summed E-state index contributed by atoms with van der Waals surface area (Å²) in [4.78, 5) is 14.9. The summed E-state index contributed by atoms with van der Waals surface area (Å²) in [5.74, 6) is -0.513. The van der Waals surface area contributed by atoms with Gasteiger partial charge in [0.1, 0.15) is 6.10 Å². The van der Waals surface area contributed by atoms with Crippen molar-refractivity contribution < 1.29 is 9.53 Å². The van der Waals surface area contributed by atoms with Crippen LogP contribution in [0.25, 0.3) is 0 Å². The third-order valence-corrected chi connectivity index (χ3v) is 5.06. The van der Waals surface area contributed by atoms with E-state index in [-0.39, 0.29) is 42.8 Å². The molecule has 2 aliphatic heterocycles. The highest BCUT2D eigenvalue weighted by atomic mass is 35.5. The van der Waals surface area contributed by atoms with E-state index in [2.05, 4.69) is 11.9 Å². The van der Waals surface area contributed by atoms with E-state index in [0.717, 1.165) is 18.4 Å². The van der Waals surface area contributed by atoms with E-state index < -0.39 is 0 Å². The SMILES string of the molecule is CN1[C@@H]2CC[C@H]1C[C@H](OC(=O)C(CN)c1ccccc1)C2.Cl.Cl. The van der Waals surface area contributed by atoms with Gasteiger partial charge in [-0.2, -0.15) is 0 Å². The lowest BCUT2D eigenvalue weighted by molar-refractivity contribution is -0.154. The predicted molar refractivity (Wildman–Crippen MR) is 96.4 cm³/mol. The number of hydrogen-bond acceptors (Lipinski definition) is 4. The molecule has 1 aromatic rings. The molecule has 0 aliphatic carbocycles. The molecule has 130 valence electrons. The summed E-state index contributed by atoms with van der Waals surface area (Å²) in [7, 11) is 2.19. The zero-order valence-electron chi connectivity index (χ0n) is 13.4. The Morgan fingerprint density at radius 2 is 1.78 bits per heavy atom. The molecule has 4 atom stereocenters. The van der Waals surface area contributed by atoms with E-state index in [9.17, 15) is 4.79 Å². The first-order valence-corrected chi connectivity index (χ1v) is 7.86. The molecular weight excluding hydrogens is 335 g/mol. The second kappa shape index (κ2) is 8.88. The number of fused-ring (bicyclic) bond motifs is 2. The van der Waals surface area contributed by atoms with Crippen LogP contribution >= 0.6 is 24.8 Å². The minimum atomic E-state index is -0.344. The van der Waals surface area contributed by atoms with Gasteiger partial charge in [0, 0.05) is 18.6 Å². The predicted octanol–water partition coefficient (Wildman–Crippen LogP) is 2.74. The summed E-state index contributed by atoms with van der Waals surface area (Å²) < 4.78 is 5.78. The highest BCUT2D eigenvalue weighted by Crippen LogP contribution is 2.36. The van der Waals surface area contributed by atoms with Crippen molar-refractivity contribution >= 4 is 30.8 Å². The molecule has 1 aromatic carbocycles. The average molecular weight is 361 g/mol. The average Bonchev–Trinajstić information content (AvgIpc) is 2.72. The van der Waals surface area contributed by atoms with Gasteiger partial charge in [-0.25, -0.2) is 0 Å². The summed E-state index contributed by atoms with van der Waals surface area (Å²) in [5.41, 5.74) is 6.74. The van der Waals surface area contributed by atoms with Crippen molar-refractivity contribution in [3.63, 3.8) is 0 Å². The van der Waals surface area contributed by atoms with Gasteiger partial charge < -0.3 is 15.4 Å². The zero-order valence-corrected chi connectivity index (χ0v) is 15.0. The van der Waals surface area contributed by atoms with Gasteiger partial charge in [0.15, 0.2) is 0 Å². The van der Waals surface area contributed by atoms with E-state index in [1.165, 1.54) is 12.8 Å². The van der Waals surface area contributed by atoms with Crippen molar-refractivity contribution in [1.82, 2.24) is 4.90 Å². The van der Waals surface area contributed by atoms with Gasteiger partial charge in [-0.3, -0.25) is 4.79 Å². The smallest absolute Gasteiger partial charge is 0.314 e. The largest absolute Gasteiger partial charge is 0.462 e. The van der Waals surface area contributed by atoms with E-state index in [0.29, 0.717) is 18.6 Å². The van der Waals surface area contributed by atoms with Crippen LogP contribution in [0.5, 0.6) is 0 Å². The molecule has 2 aliphatic rings. The molecule has 0 aromatic heterocycles. The van der Waals surface area contributed by atoms with Crippen LogP contribution in [0.3, 0.4) is 0 Å². The number of esters is 1. The molecule has 2 heterocycles. The number of nitrogens with zero attached hydrogens (tertiary/aromatic N) is 1. The number of carbonyl (C=O) groups excluding carboxylic acids is 1. The fourth-order valence-corrected chi connectivity index (χ4v) is 3.76. The van der Waals surface area contributed by atoms with Crippen molar-refractivity contribution in [1.29, 1.82) is 0 Å². The highest BCUT2D eigenvalue weighted by molar-refractivity contribution is 5.85. The molecule has 6 heteroatoms. The minimum Gasteiger partial charge on any atom is -0.462 e. The van der Waals surface area contributed by atoms with Gasteiger partial charge in [-0.15, -0.1) is 24.8 Å². The normalized spacial score (nSPS) is 27.5. The summed E-state index contributed by atoms with van der Waals surface area (Å²) in [6.07, 6.45) is 4.45. The number of benzene rings is 1. The Morgan fingerprint density at radius 3 is 2.30 bits per heavy atom. The first-order chi connectivity index (χ1) is 10.2. The van der Waals surface area contributed by atoms with Crippen LogP contribution in [0, 0.1) is 0 Å². The van der Waals surface area contributed by atoms with Gasteiger partial charge in [-0.05, 0) is 38.3 Å². The molecule has 2 fully saturated rings. The number of piperidine rings is 1. The van der Waals surface area contributed by atoms with Gasteiger partial charge in [0.25, 0.3) is 0 Å². The van der Waals surface area contributed by atoms with Gasteiger partial charge in [-0.1, -0.05) is 30.3 Å². The number of nitrogens with two attached hydrogens (primary N) is 1. The molecule has 4 nitrogen and oxygen atoms in total. The molecule has 0 saturated carbocycles. The van der Waals surface area contributed by atoms with Crippen LogP contribution in [-0.4, -0.2) is 42.6 Å². The van der Waals surface area contributed by atoms with Crippen LogP contribution in [0.15, 0.2) is 30.3 Å². The maximum absolute atomic E-state index is 12.4. The van der Waals surface area contributed by atoms with E-state index in [1.54, 1.807) is 0 Å². The van der Waals surface area contributed by atoms with Crippen LogP contribution in [0.2, 0.25) is 0 Å². The monoisotopic (exact) mass is 360 g/mol. The summed E-state index contributed by atoms with van der Waals surface area (Å²) in [5, 5.41) is 0. The Balaban J connectivity index is 0.00000132. The molecule has 1 unspecified atom stereocenters.